The minimum atomic E-state index is -0.591. The van der Waals surface area contributed by atoms with Gasteiger partial charge in [0, 0.05) is 22.6 Å². The van der Waals surface area contributed by atoms with E-state index in [1.807, 2.05) is 6.07 Å². The van der Waals surface area contributed by atoms with Gasteiger partial charge in [0.2, 0.25) is 5.91 Å². The number of hydrogen-bond donors (Lipinski definition) is 4. The third kappa shape index (κ3) is 6.68. The lowest BCUT2D eigenvalue weighted by molar-refractivity contribution is -0.123. The van der Waals surface area contributed by atoms with E-state index in [2.05, 4.69) is 20.9 Å². The van der Waals surface area contributed by atoms with Crippen LogP contribution in [0.15, 0.2) is 30.5 Å². The van der Waals surface area contributed by atoms with Crippen molar-refractivity contribution < 1.29 is 14.7 Å². The summed E-state index contributed by atoms with van der Waals surface area (Å²) in [7, 11) is 0. The number of hydrogen-bond acceptors (Lipinski definition) is 6. The van der Waals surface area contributed by atoms with Gasteiger partial charge >= 0.3 is 0 Å². The fourth-order valence-electron chi connectivity index (χ4n) is 3.62. The summed E-state index contributed by atoms with van der Waals surface area (Å²) in [5.41, 5.74) is 0. The summed E-state index contributed by atoms with van der Waals surface area (Å²) in [6.07, 6.45) is 6.78. The van der Waals surface area contributed by atoms with Gasteiger partial charge in [0.25, 0.3) is 5.91 Å². The molecule has 1 atom stereocenters. The number of aromatic nitrogens is 1. The molecule has 0 radical (unpaired) electrons. The number of rotatable bonds is 10. The van der Waals surface area contributed by atoms with Gasteiger partial charge in [-0.1, -0.05) is 37.3 Å². The Hall–Kier alpha value is -2.16. The molecule has 1 aliphatic carbocycles. The van der Waals surface area contributed by atoms with Crippen LogP contribution in [-0.4, -0.2) is 41.1 Å². The molecule has 0 saturated heterocycles. The van der Waals surface area contributed by atoms with Gasteiger partial charge in [-0.25, -0.2) is 4.98 Å². The molecule has 1 aliphatic rings. The van der Waals surface area contributed by atoms with E-state index in [0.717, 1.165) is 17.7 Å². The number of amides is 2. The normalized spacial score (nSPS) is 15.0. The molecule has 0 bridgehead atoms. The van der Waals surface area contributed by atoms with Gasteiger partial charge in [0.05, 0.1) is 18.0 Å². The average Bonchev–Trinajstić information content (AvgIpc) is 3.42. The lowest BCUT2D eigenvalue weighted by atomic mass is 9.97. The summed E-state index contributed by atoms with van der Waals surface area (Å²) >= 11 is 7.33. The van der Waals surface area contributed by atoms with Crippen molar-refractivity contribution in [3.8, 4) is 0 Å². The molecular formula is C21H27ClN4O3S. The quantitative estimate of drug-likeness (QED) is 0.445. The molecular weight excluding hydrogens is 424 g/mol. The van der Waals surface area contributed by atoms with Crippen LogP contribution >= 0.6 is 22.9 Å². The van der Waals surface area contributed by atoms with Crippen LogP contribution in [0.3, 0.4) is 0 Å². The summed E-state index contributed by atoms with van der Waals surface area (Å²) in [6, 6.07) is 6.50. The molecule has 1 saturated carbocycles. The Kier molecular flexibility index (Phi) is 8.48. The number of nitrogens with zero attached hydrogens (tertiary/aromatic N) is 1. The van der Waals surface area contributed by atoms with Gasteiger partial charge in [-0.2, -0.15) is 0 Å². The first-order chi connectivity index (χ1) is 14.5. The van der Waals surface area contributed by atoms with E-state index in [4.69, 9.17) is 16.7 Å². The highest BCUT2D eigenvalue weighted by Gasteiger charge is 2.27. The molecule has 1 fully saturated rings. The molecule has 0 spiro atoms. The number of aliphatic hydroxyl groups excluding tert-OH is 1. The third-order valence-corrected chi connectivity index (χ3v) is 6.45. The van der Waals surface area contributed by atoms with E-state index in [-0.39, 0.29) is 25.0 Å². The Morgan fingerprint density at radius 1 is 1.27 bits per heavy atom. The maximum atomic E-state index is 12.8. The number of pyridine rings is 1. The Morgan fingerprint density at radius 3 is 2.80 bits per heavy atom. The van der Waals surface area contributed by atoms with Crippen LogP contribution in [0.4, 0.5) is 5.82 Å². The molecule has 162 valence electrons. The number of carbonyl (C=O) groups excluding carboxylic acids is 2. The molecule has 0 aromatic carbocycles. The highest BCUT2D eigenvalue weighted by Crippen LogP contribution is 2.29. The first kappa shape index (κ1) is 22.5. The van der Waals surface area contributed by atoms with Crippen molar-refractivity contribution in [1.82, 2.24) is 15.6 Å². The molecule has 4 N–H and O–H groups in total. The smallest absolute Gasteiger partial charge is 0.262 e. The Labute approximate surface area is 185 Å². The number of nitrogens with one attached hydrogen (secondary N) is 3. The molecule has 3 rings (SSSR count). The zero-order valence-electron chi connectivity index (χ0n) is 16.7. The number of anilines is 1. The second-order valence-corrected chi connectivity index (χ2v) is 9.01. The van der Waals surface area contributed by atoms with Crippen LogP contribution in [0.5, 0.6) is 0 Å². The largest absolute Gasteiger partial charge is 0.395 e. The Morgan fingerprint density at radius 2 is 2.07 bits per heavy atom. The minimum Gasteiger partial charge on any atom is -0.395 e. The fourth-order valence-corrected chi connectivity index (χ4v) is 4.63. The van der Waals surface area contributed by atoms with Crippen LogP contribution in [0.1, 0.15) is 46.7 Å². The zero-order valence-corrected chi connectivity index (χ0v) is 18.3. The van der Waals surface area contributed by atoms with Gasteiger partial charge in [0.1, 0.15) is 11.9 Å². The molecule has 30 heavy (non-hydrogen) atoms. The van der Waals surface area contributed by atoms with Crippen molar-refractivity contribution in [3.63, 3.8) is 0 Å². The number of halogens is 1. The fraction of sp³-hybridized carbons (Fsp3) is 0.476. The van der Waals surface area contributed by atoms with Crippen LogP contribution in [-0.2, 0) is 11.3 Å². The van der Waals surface area contributed by atoms with Crippen LogP contribution < -0.4 is 16.0 Å². The molecule has 2 aromatic rings. The lowest BCUT2D eigenvalue weighted by Gasteiger charge is -2.21. The predicted molar refractivity (Wildman–Crippen MR) is 119 cm³/mol. The number of aliphatic hydroxyl groups is 1. The maximum absolute atomic E-state index is 12.8. The van der Waals surface area contributed by atoms with Crippen molar-refractivity contribution in [3.05, 3.63) is 45.2 Å². The SMILES string of the molecule is O=C(N[C@@H](CC1CCCC1)C(=O)NCCO)c1ccc(CNc2cc(Cl)ccn2)s1. The first-order valence-corrected chi connectivity index (χ1v) is 11.4. The number of carbonyl (C=O) groups is 2. The van der Waals surface area contributed by atoms with Crippen molar-refractivity contribution in [2.75, 3.05) is 18.5 Å². The van der Waals surface area contributed by atoms with E-state index in [9.17, 15) is 9.59 Å². The monoisotopic (exact) mass is 450 g/mol. The van der Waals surface area contributed by atoms with E-state index in [1.165, 1.54) is 24.2 Å². The maximum Gasteiger partial charge on any atom is 0.262 e. The molecule has 0 unspecified atom stereocenters. The van der Waals surface area contributed by atoms with E-state index in [1.54, 1.807) is 24.4 Å². The molecule has 2 amide bonds. The van der Waals surface area contributed by atoms with Crippen molar-refractivity contribution in [2.24, 2.45) is 5.92 Å². The highest BCUT2D eigenvalue weighted by molar-refractivity contribution is 7.14. The molecule has 2 heterocycles. The van der Waals surface area contributed by atoms with E-state index >= 15 is 0 Å². The first-order valence-electron chi connectivity index (χ1n) is 10.2. The number of thiophene rings is 1. The molecule has 0 aliphatic heterocycles. The van der Waals surface area contributed by atoms with Gasteiger partial charge in [-0.3, -0.25) is 9.59 Å². The minimum absolute atomic E-state index is 0.126. The summed E-state index contributed by atoms with van der Waals surface area (Å²) < 4.78 is 0. The van der Waals surface area contributed by atoms with Crippen molar-refractivity contribution >= 4 is 40.6 Å². The predicted octanol–water partition coefficient (Wildman–Crippen LogP) is 3.20. The zero-order chi connectivity index (χ0) is 21.3. The lowest BCUT2D eigenvalue weighted by Crippen LogP contribution is -2.48. The van der Waals surface area contributed by atoms with Crippen LogP contribution in [0.2, 0.25) is 5.02 Å². The second-order valence-electron chi connectivity index (χ2n) is 7.41. The van der Waals surface area contributed by atoms with Crippen LogP contribution in [0.25, 0.3) is 0 Å². The van der Waals surface area contributed by atoms with Gasteiger partial charge in [0.15, 0.2) is 0 Å². The standard InChI is InChI=1S/C21H27ClN4O3S/c22-15-7-8-23-19(12-15)25-13-16-5-6-18(30-16)21(29)26-17(20(28)24-9-10-27)11-14-3-1-2-4-14/h5-8,12,14,17,27H,1-4,9-11,13H2,(H,23,25)(H,24,28)(H,26,29)/t17-/m0/s1. The summed E-state index contributed by atoms with van der Waals surface area (Å²) in [4.78, 5) is 31.0. The van der Waals surface area contributed by atoms with Crippen molar-refractivity contribution in [1.29, 1.82) is 0 Å². The van der Waals surface area contributed by atoms with E-state index in [0.29, 0.717) is 34.6 Å². The highest BCUT2D eigenvalue weighted by atomic mass is 35.5. The third-order valence-electron chi connectivity index (χ3n) is 5.13. The summed E-state index contributed by atoms with van der Waals surface area (Å²) in [5, 5.41) is 18.3. The summed E-state index contributed by atoms with van der Waals surface area (Å²) in [5.74, 6) is 0.617. The molecule has 9 heteroatoms. The average molecular weight is 451 g/mol. The summed E-state index contributed by atoms with van der Waals surface area (Å²) in [6.45, 7) is 0.578. The Bertz CT molecular complexity index is 854. The van der Waals surface area contributed by atoms with Gasteiger partial charge in [-0.15, -0.1) is 11.3 Å². The van der Waals surface area contributed by atoms with Gasteiger partial charge < -0.3 is 21.1 Å². The van der Waals surface area contributed by atoms with E-state index < -0.39 is 6.04 Å². The van der Waals surface area contributed by atoms with Crippen molar-refractivity contribution in [2.45, 2.75) is 44.7 Å². The van der Waals surface area contributed by atoms with Crippen LogP contribution in [0, 0.1) is 5.92 Å². The van der Waals surface area contributed by atoms with Gasteiger partial charge in [-0.05, 0) is 36.6 Å². The molecule has 7 nitrogen and oxygen atoms in total. The molecule has 2 aromatic heterocycles. The topological polar surface area (TPSA) is 103 Å². The second kappa shape index (κ2) is 11.3. The Balaban J connectivity index is 1.58.